The fourth-order valence-electron chi connectivity index (χ4n) is 3.10. The van der Waals surface area contributed by atoms with Crippen LogP contribution in [0.5, 0.6) is 11.5 Å². The Morgan fingerprint density at radius 3 is 2.27 bits per heavy atom. The molecule has 3 rings (SSSR count). The second-order valence-electron chi connectivity index (χ2n) is 5.90. The van der Waals surface area contributed by atoms with Gasteiger partial charge in [0.25, 0.3) is 11.8 Å². The first kappa shape index (κ1) is 17.7. The fourth-order valence-corrected chi connectivity index (χ4v) is 3.10. The van der Waals surface area contributed by atoms with Crippen LogP contribution in [0.25, 0.3) is 10.9 Å². The molecule has 136 valence electrons. The molecule has 7 heteroatoms. The summed E-state index contributed by atoms with van der Waals surface area (Å²) in [6.45, 7) is 3.54. The third kappa shape index (κ3) is 3.18. The number of nitrogens with one attached hydrogen (secondary N) is 1. The molecule has 0 atom stereocenters. The Bertz CT molecular complexity index is 858. The van der Waals surface area contributed by atoms with E-state index < -0.39 is 0 Å². The third-order valence-electron chi connectivity index (χ3n) is 4.47. The van der Waals surface area contributed by atoms with Crippen molar-refractivity contribution in [3.63, 3.8) is 0 Å². The summed E-state index contributed by atoms with van der Waals surface area (Å²) in [5, 5.41) is 0.794. The average molecular weight is 355 g/mol. The number of hydrogen-bond donors (Lipinski definition) is 1. The number of hydrogen-bond acceptors (Lipinski definition) is 4. The molecule has 1 saturated heterocycles. The minimum atomic E-state index is -0.195. The van der Waals surface area contributed by atoms with Gasteiger partial charge in [-0.1, -0.05) is 5.92 Å². The molecule has 0 radical (unpaired) electrons. The molecule has 0 aliphatic carbocycles. The van der Waals surface area contributed by atoms with Gasteiger partial charge in [-0.15, -0.1) is 0 Å². The molecule has 0 bridgehead atoms. The Labute approximate surface area is 151 Å². The van der Waals surface area contributed by atoms with E-state index in [-0.39, 0.29) is 11.8 Å². The van der Waals surface area contributed by atoms with Crippen molar-refractivity contribution >= 4 is 22.7 Å². The Morgan fingerprint density at radius 1 is 1.04 bits per heavy atom. The average Bonchev–Trinajstić information content (AvgIpc) is 3.12. The Hall–Kier alpha value is -3.14. The van der Waals surface area contributed by atoms with E-state index in [4.69, 9.17) is 9.47 Å². The molecular formula is C19H21N3O4. The lowest BCUT2D eigenvalue weighted by molar-refractivity contribution is -0.126. The van der Waals surface area contributed by atoms with Gasteiger partial charge in [0.05, 0.1) is 19.7 Å². The van der Waals surface area contributed by atoms with E-state index in [9.17, 15) is 9.59 Å². The van der Waals surface area contributed by atoms with Crippen LogP contribution in [0.15, 0.2) is 18.2 Å². The second kappa shape index (κ2) is 7.40. The summed E-state index contributed by atoms with van der Waals surface area (Å²) in [7, 11) is 3.17. The topological polar surface area (TPSA) is 74.9 Å². The minimum absolute atomic E-state index is 0.112. The highest BCUT2D eigenvalue weighted by Crippen LogP contribution is 2.33. The van der Waals surface area contributed by atoms with Crippen molar-refractivity contribution in [3.05, 3.63) is 23.9 Å². The summed E-state index contributed by atoms with van der Waals surface area (Å²) < 4.78 is 10.7. The number of nitrogens with zero attached hydrogens (tertiary/aromatic N) is 2. The van der Waals surface area contributed by atoms with Gasteiger partial charge in [-0.2, -0.15) is 0 Å². The lowest BCUT2D eigenvalue weighted by Gasteiger charge is -2.33. The molecule has 2 heterocycles. The number of methoxy groups -OCH3 is 2. The molecule has 1 aromatic heterocycles. The van der Waals surface area contributed by atoms with E-state index >= 15 is 0 Å². The summed E-state index contributed by atoms with van der Waals surface area (Å²) >= 11 is 0. The van der Waals surface area contributed by atoms with Crippen LogP contribution in [0.1, 0.15) is 17.4 Å². The Kier molecular flexibility index (Phi) is 5.03. The molecule has 1 fully saturated rings. The van der Waals surface area contributed by atoms with E-state index in [1.807, 2.05) is 6.07 Å². The van der Waals surface area contributed by atoms with Gasteiger partial charge in [0, 0.05) is 31.6 Å². The Balaban J connectivity index is 1.80. The van der Waals surface area contributed by atoms with E-state index in [1.54, 1.807) is 43.1 Å². The number of H-pyrrole nitrogens is 1. The van der Waals surface area contributed by atoms with E-state index in [1.165, 1.54) is 0 Å². The van der Waals surface area contributed by atoms with Crippen LogP contribution in [-0.2, 0) is 4.79 Å². The van der Waals surface area contributed by atoms with Crippen molar-refractivity contribution in [2.24, 2.45) is 0 Å². The van der Waals surface area contributed by atoms with E-state index in [2.05, 4.69) is 16.8 Å². The SMILES string of the molecule is CC#CC(=O)N1CCN(C(=O)c2cc3c(OC)ccc(OC)c3[nH]2)CC1. The number of piperazine rings is 1. The first-order valence-corrected chi connectivity index (χ1v) is 8.33. The van der Waals surface area contributed by atoms with Crippen LogP contribution < -0.4 is 9.47 Å². The van der Waals surface area contributed by atoms with Crippen LogP contribution in [0, 0.1) is 11.8 Å². The molecule has 26 heavy (non-hydrogen) atoms. The lowest BCUT2D eigenvalue weighted by atomic mass is 10.2. The van der Waals surface area contributed by atoms with Gasteiger partial charge in [0.15, 0.2) is 0 Å². The van der Waals surface area contributed by atoms with Crippen molar-refractivity contribution in [1.82, 2.24) is 14.8 Å². The predicted octanol–water partition coefficient (Wildman–Crippen LogP) is 1.49. The predicted molar refractivity (Wildman–Crippen MR) is 97.3 cm³/mol. The van der Waals surface area contributed by atoms with Crippen LogP contribution in [0.2, 0.25) is 0 Å². The first-order chi connectivity index (χ1) is 12.6. The van der Waals surface area contributed by atoms with Crippen LogP contribution in [0.4, 0.5) is 0 Å². The van der Waals surface area contributed by atoms with Gasteiger partial charge in [0.2, 0.25) is 0 Å². The molecule has 1 N–H and O–H groups in total. The van der Waals surface area contributed by atoms with Gasteiger partial charge < -0.3 is 24.3 Å². The second-order valence-corrected chi connectivity index (χ2v) is 5.90. The number of rotatable bonds is 3. The van der Waals surface area contributed by atoms with Crippen molar-refractivity contribution < 1.29 is 19.1 Å². The van der Waals surface area contributed by atoms with Gasteiger partial charge in [0.1, 0.15) is 17.2 Å². The van der Waals surface area contributed by atoms with Gasteiger partial charge >= 0.3 is 0 Å². The molecule has 2 amide bonds. The van der Waals surface area contributed by atoms with E-state index in [0.717, 1.165) is 10.9 Å². The fraction of sp³-hybridized carbons (Fsp3) is 0.368. The lowest BCUT2D eigenvalue weighted by Crippen LogP contribution is -2.50. The molecule has 1 aromatic carbocycles. The highest BCUT2D eigenvalue weighted by atomic mass is 16.5. The maximum Gasteiger partial charge on any atom is 0.298 e. The zero-order valence-corrected chi connectivity index (χ0v) is 15.1. The van der Waals surface area contributed by atoms with Gasteiger partial charge in [-0.3, -0.25) is 9.59 Å². The van der Waals surface area contributed by atoms with Crippen molar-refractivity contribution in [2.45, 2.75) is 6.92 Å². The molecule has 1 aliphatic rings. The monoisotopic (exact) mass is 355 g/mol. The van der Waals surface area contributed by atoms with Crippen molar-refractivity contribution in [1.29, 1.82) is 0 Å². The van der Waals surface area contributed by atoms with E-state index in [0.29, 0.717) is 43.4 Å². The van der Waals surface area contributed by atoms with Gasteiger partial charge in [-0.25, -0.2) is 0 Å². The quantitative estimate of drug-likeness (QED) is 0.847. The summed E-state index contributed by atoms with van der Waals surface area (Å²) in [6.07, 6.45) is 0. The highest BCUT2D eigenvalue weighted by molar-refractivity contribution is 6.01. The molecule has 0 spiro atoms. The summed E-state index contributed by atoms with van der Waals surface area (Å²) in [4.78, 5) is 31.2. The smallest absolute Gasteiger partial charge is 0.298 e. The summed E-state index contributed by atoms with van der Waals surface area (Å²) in [5.41, 5.74) is 1.19. The minimum Gasteiger partial charge on any atom is -0.496 e. The highest BCUT2D eigenvalue weighted by Gasteiger charge is 2.25. The standard InChI is InChI=1S/C19H21N3O4/c1-4-5-17(23)21-8-10-22(11-9-21)19(24)14-12-13-15(25-2)6-7-16(26-3)18(13)20-14/h6-7,12,20H,8-11H2,1-3H3. The number of aromatic nitrogens is 1. The number of aromatic amines is 1. The van der Waals surface area contributed by atoms with Crippen LogP contribution in [0.3, 0.4) is 0 Å². The Morgan fingerprint density at radius 2 is 1.65 bits per heavy atom. The molecule has 0 unspecified atom stereocenters. The number of benzene rings is 1. The van der Waals surface area contributed by atoms with Crippen LogP contribution >= 0.6 is 0 Å². The molecule has 0 saturated carbocycles. The zero-order valence-electron chi connectivity index (χ0n) is 15.1. The molecule has 2 aromatic rings. The summed E-state index contributed by atoms with van der Waals surface area (Å²) in [5.74, 6) is 6.16. The van der Waals surface area contributed by atoms with Crippen molar-refractivity contribution in [2.75, 3.05) is 40.4 Å². The molecule has 7 nitrogen and oxygen atoms in total. The number of ether oxygens (including phenoxy) is 2. The van der Waals surface area contributed by atoms with Crippen LogP contribution in [-0.4, -0.2) is 67.0 Å². The first-order valence-electron chi connectivity index (χ1n) is 8.33. The largest absolute Gasteiger partial charge is 0.496 e. The maximum absolute atomic E-state index is 12.9. The third-order valence-corrected chi connectivity index (χ3v) is 4.47. The number of fused-ring (bicyclic) bond motifs is 1. The normalized spacial score (nSPS) is 14.0. The number of carbonyl (C=O) groups excluding carboxylic acids is 2. The number of carbonyl (C=O) groups is 2. The molecule has 1 aliphatic heterocycles. The zero-order chi connectivity index (χ0) is 18.7. The maximum atomic E-state index is 12.9. The molecular weight excluding hydrogens is 334 g/mol. The van der Waals surface area contributed by atoms with Crippen molar-refractivity contribution in [3.8, 4) is 23.3 Å². The summed E-state index contributed by atoms with van der Waals surface area (Å²) in [6, 6.07) is 5.38. The van der Waals surface area contributed by atoms with Gasteiger partial charge in [-0.05, 0) is 31.0 Å². The number of amides is 2.